The highest BCUT2D eigenvalue weighted by molar-refractivity contribution is 6.01. The third-order valence-electron chi connectivity index (χ3n) is 5.77. The highest BCUT2D eigenvalue weighted by Crippen LogP contribution is 2.33. The van der Waals surface area contributed by atoms with Crippen molar-refractivity contribution in [3.63, 3.8) is 0 Å². The van der Waals surface area contributed by atoms with E-state index in [-0.39, 0.29) is 18.0 Å². The van der Waals surface area contributed by atoms with E-state index in [9.17, 15) is 9.59 Å². The fourth-order valence-corrected chi connectivity index (χ4v) is 4.36. The average molecular weight is 354 g/mol. The zero-order valence-corrected chi connectivity index (χ0v) is 15.4. The van der Waals surface area contributed by atoms with Crippen molar-refractivity contribution in [1.82, 2.24) is 20.4 Å². The Labute approximate surface area is 154 Å². The van der Waals surface area contributed by atoms with Crippen LogP contribution >= 0.6 is 0 Å². The maximum absolute atomic E-state index is 13.1. The summed E-state index contributed by atoms with van der Waals surface area (Å²) in [6.45, 7) is 7.56. The predicted octanol–water partition coefficient (Wildman–Crippen LogP) is 1.93. The van der Waals surface area contributed by atoms with Gasteiger partial charge in [0.05, 0.1) is 23.9 Å². The summed E-state index contributed by atoms with van der Waals surface area (Å²) in [5, 5.41) is 5.78. The number of carbonyl (C=O) groups excluding carboxylic acids is 2. The minimum atomic E-state index is -0.372. The molecule has 3 aliphatic heterocycles. The number of urea groups is 1. The number of nitrogens with zero attached hydrogens (tertiary/aromatic N) is 2. The van der Waals surface area contributed by atoms with Crippen LogP contribution in [0.4, 0.5) is 4.79 Å². The van der Waals surface area contributed by atoms with E-state index >= 15 is 0 Å². The summed E-state index contributed by atoms with van der Waals surface area (Å²) in [5.74, 6) is 0.0426. The van der Waals surface area contributed by atoms with E-state index in [1.165, 1.54) is 6.42 Å². The number of likely N-dealkylation sites (tertiary alicyclic amines) is 1. The van der Waals surface area contributed by atoms with Crippen molar-refractivity contribution in [1.29, 1.82) is 0 Å². The average Bonchev–Trinajstić information content (AvgIpc) is 3.20. The monoisotopic (exact) mass is 354 g/mol. The topological polar surface area (TPSA) is 64.7 Å². The quantitative estimate of drug-likeness (QED) is 0.868. The number of hydrogen-bond donors (Lipinski definition) is 2. The Balaban J connectivity index is 1.57. The number of rotatable bonds is 4. The molecule has 0 spiro atoms. The Bertz CT molecular complexity index is 756. The first-order valence-corrected chi connectivity index (χ1v) is 9.47. The van der Waals surface area contributed by atoms with Crippen molar-refractivity contribution in [2.45, 2.75) is 38.8 Å². The first kappa shape index (κ1) is 17.1. The summed E-state index contributed by atoms with van der Waals surface area (Å²) < 4.78 is 0. The smallest absolute Gasteiger partial charge is 0.319 e. The molecular weight excluding hydrogens is 328 g/mol. The Morgan fingerprint density at radius 3 is 2.69 bits per heavy atom. The molecule has 0 bridgehead atoms. The molecule has 4 rings (SSSR count). The third-order valence-corrected chi connectivity index (χ3v) is 5.77. The molecule has 2 atom stereocenters. The third kappa shape index (κ3) is 2.98. The van der Waals surface area contributed by atoms with E-state index in [4.69, 9.17) is 0 Å². The number of amides is 3. The zero-order chi connectivity index (χ0) is 18.3. The zero-order valence-electron chi connectivity index (χ0n) is 15.4. The molecule has 0 aromatic heterocycles. The van der Waals surface area contributed by atoms with Crippen molar-refractivity contribution in [3.8, 4) is 0 Å². The van der Waals surface area contributed by atoms with Gasteiger partial charge in [-0.05, 0) is 38.4 Å². The van der Waals surface area contributed by atoms with Crippen molar-refractivity contribution >= 4 is 11.9 Å². The SMILES string of the molecule is CCN1CCCC1CN1CC2=C(C1=O)C(c1ccc(C)cc1)NC(=O)N2. The molecule has 2 unspecified atom stereocenters. The van der Waals surface area contributed by atoms with Crippen LogP contribution in [0.5, 0.6) is 0 Å². The van der Waals surface area contributed by atoms with Gasteiger partial charge in [-0.1, -0.05) is 36.8 Å². The lowest BCUT2D eigenvalue weighted by Crippen LogP contribution is -2.44. The molecule has 6 nitrogen and oxygen atoms in total. The largest absolute Gasteiger partial charge is 0.331 e. The second kappa shape index (κ2) is 6.76. The minimum Gasteiger partial charge on any atom is -0.331 e. The van der Waals surface area contributed by atoms with E-state index in [2.05, 4.69) is 22.5 Å². The van der Waals surface area contributed by atoms with Gasteiger partial charge >= 0.3 is 6.03 Å². The number of carbonyl (C=O) groups is 2. The van der Waals surface area contributed by atoms with Crippen LogP contribution in [0.15, 0.2) is 35.5 Å². The lowest BCUT2D eigenvalue weighted by Gasteiger charge is -2.28. The number of likely N-dealkylation sites (N-methyl/N-ethyl adjacent to an activating group) is 1. The van der Waals surface area contributed by atoms with Gasteiger partial charge < -0.3 is 15.5 Å². The molecule has 3 amide bonds. The van der Waals surface area contributed by atoms with Gasteiger partial charge in [0.1, 0.15) is 0 Å². The number of nitrogens with one attached hydrogen (secondary N) is 2. The van der Waals surface area contributed by atoms with Gasteiger partial charge in [-0.3, -0.25) is 9.69 Å². The Hall–Kier alpha value is -2.34. The molecule has 1 fully saturated rings. The van der Waals surface area contributed by atoms with Gasteiger partial charge in [0.15, 0.2) is 0 Å². The van der Waals surface area contributed by atoms with E-state index in [0.717, 1.165) is 42.9 Å². The van der Waals surface area contributed by atoms with Crippen LogP contribution < -0.4 is 10.6 Å². The summed E-state index contributed by atoms with van der Waals surface area (Å²) in [7, 11) is 0. The van der Waals surface area contributed by atoms with E-state index in [1.807, 2.05) is 36.1 Å². The summed E-state index contributed by atoms with van der Waals surface area (Å²) in [4.78, 5) is 29.6. The second-order valence-corrected chi connectivity index (χ2v) is 7.44. The molecule has 2 N–H and O–H groups in total. The van der Waals surface area contributed by atoms with Crippen LogP contribution in [0.1, 0.15) is 36.9 Å². The van der Waals surface area contributed by atoms with Crippen molar-refractivity contribution in [2.75, 3.05) is 26.2 Å². The predicted molar refractivity (Wildman–Crippen MR) is 99.5 cm³/mol. The second-order valence-electron chi connectivity index (χ2n) is 7.44. The van der Waals surface area contributed by atoms with Gasteiger partial charge in [-0.15, -0.1) is 0 Å². The molecule has 26 heavy (non-hydrogen) atoms. The van der Waals surface area contributed by atoms with E-state index in [1.54, 1.807) is 0 Å². The molecule has 0 radical (unpaired) electrons. The first-order chi connectivity index (χ1) is 12.6. The normalized spacial score (nSPS) is 26.2. The summed E-state index contributed by atoms with van der Waals surface area (Å²) in [6, 6.07) is 7.82. The fourth-order valence-electron chi connectivity index (χ4n) is 4.36. The first-order valence-electron chi connectivity index (χ1n) is 9.47. The molecule has 1 aromatic carbocycles. The fraction of sp³-hybridized carbons (Fsp3) is 0.500. The van der Waals surface area contributed by atoms with Crippen LogP contribution in [0.3, 0.4) is 0 Å². The standard InChI is InChI=1S/C20H26N4O2/c1-3-23-10-4-5-15(23)11-24-12-16-17(19(24)25)18(22-20(26)21-16)14-8-6-13(2)7-9-14/h6-9,15,18H,3-5,10-12H2,1-2H3,(H2,21,22,26). The highest BCUT2D eigenvalue weighted by atomic mass is 16.2. The number of aryl methyl sites for hydroxylation is 1. The van der Waals surface area contributed by atoms with Crippen LogP contribution in [0, 0.1) is 6.92 Å². The summed E-state index contributed by atoms with van der Waals surface area (Å²) in [6.07, 6.45) is 2.33. The van der Waals surface area contributed by atoms with Crippen LogP contribution in [0.2, 0.25) is 0 Å². The molecule has 3 heterocycles. The van der Waals surface area contributed by atoms with Gasteiger partial charge in [-0.25, -0.2) is 4.79 Å². The number of hydrogen-bond acceptors (Lipinski definition) is 3. The molecule has 0 saturated carbocycles. The Morgan fingerprint density at radius 2 is 1.96 bits per heavy atom. The Morgan fingerprint density at radius 1 is 1.19 bits per heavy atom. The molecular formula is C20H26N4O2. The lowest BCUT2D eigenvalue weighted by molar-refractivity contribution is -0.126. The molecule has 3 aliphatic rings. The van der Waals surface area contributed by atoms with Crippen LogP contribution in [-0.4, -0.2) is 54.0 Å². The van der Waals surface area contributed by atoms with Gasteiger partial charge in [-0.2, -0.15) is 0 Å². The van der Waals surface area contributed by atoms with Crippen molar-refractivity contribution in [3.05, 3.63) is 46.7 Å². The lowest BCUT2D eigenvalue weighted by atomic mass is 9.95. The molecule has 1 saturated heterocycles. The van der Waals surface area contributed by atoms with Gasteiger partial charge in [0.25, 0.3) is 5.91 Å². The maximum Gasteiger partial charge on any atom is 0.319 e. The van der Waals surface area contributed by atoms with Crippen molar-refractivity contribution < 1.29 is 9.59 Å². The molecule has 0 aliphatic carbocycles. The minimum absolute atomic E-state index is 0.0426. The Kier molecular flexibility index (Phi) is 4.44. The van der Waals surface area contributed by atoms with E-state index < -0.39 is 0 Å². The van der Waals surface area contributed by atoms with Gasteiger partial charge in [0, 0.05) is 12.6 Å². The van der Waals surface area contributed by atoms with Crippen LogP contribution in [0.25, 0.3) is 0 Å². The highest BCUT2D eigenvalue weighted by Gasteiger charge is 2.41. The maximum atomic E-state index is 13.1. The molecule has 138 valence electrons. The summed E-state index contributed by atoms with van der Waals surface area (Å²) >= 11 is 0. The van der Waals surface area contributed by atoms with Crippen molar-refractivity contribution in [2.24, 2.45) is 0 Å². The van der Waals surface area contributed by atoms with Crippen LogP contribution in [-0.2, 0) is 4.79 Å². The van der Waals surface area contributed by atoms with Gasteiger partial charge in [0.2, 0.25) is 0 Å². The van der Waals surface area contributed by atoms with E-state index in [0.29, 0.717) is 18.2 Å². The molecule has 6 heteroatoms. The number of benzene rings is 1. The summed E-state index contributed by atoms with van der Waals surface area (Å²) in [5.41, 5.74) is 3.55. The molecule has 1 aromatic rings.